The smallest absolute Gasteiger partial charge is 0.243 e. The molecule has 2 atom stereocenters. The van der Waals surface area contributed by atoms with Crippen LogP contribution in [0.15, 0.2) is 41.4 Å². The largest absolute Gasteiger partial charge is 0.309 e. The Morgan fingerprint density at radius 2 is 1.97 bits per heavy atom. The fourth-order valence-corrected chi connectivity index (χ4v) is 6.19. The summed E-state index contributed by atoms with van der Waals surface area (Å²) in [5.41, 5.74) is 2.53. The SMILES string of the molecule is CC(=O)N1c2ccc(S(=O)(=O)N3CCCC3C(=O)Nc3cc(C)ccn3)cc2CC1C. The van der Waals surface area contributed by atoms with Gasteiger partial charge in [0.2, 0.25) is 21.8 Å². The second-order valence-electron chi connectivity index (χ2n) is 8.21. The Kier molecular flexibility index (Phi) is 5.57. The molecule has 0 saturated carbocycles. The van der Waals surface area contributed by atoms with Crippen LogP contribution >= 0.6 is 0 Å². The maximum Gasteiger partial charge on any atom is 0.243 e. The molecule has 1 aromatic heterocycles. The highest BCUT2D eigenvalue weighted by Crippen LogP contribution is 2.35. The predicted molar refractivity (Wildman–Crippen MR) is 117 cm³/mol. The summed E-state index contributed by atoms with van der Waals surface area (Å²) < 4.78 is 28.1. The van der Waals surface area contributed by atoms with E-state index in [2.05, 4.69) is 10.3 Å². The molecule has 2 aliphatic rings. The fraction of sp³-hybridized carbons (Fsp3) is 0.409. The second-order valence-corrected chi connectivity index (χ2v) is 10.1. The van der Waals surface area contributed by atoms with Crippen molar-refractivity contribution in [2.45, 2.75) is 57.0 Å². The van der Waals surface area contributed by atoms with Crippen molar-refractivity contribution in [3.63, 3.8) is 0 Å². The van der Waals surface area contributed by atoms with Crippen LogP contribution in [0.4, 0.5) is 11.5 Å². The van der Waals surface area contributed by atoms with Gasteiger partial charge < -0.3 is 10.2 Å². The van der Waals surface area contributed by atoms with Gasteiger partial charge >= 0.3 is 0 Å². The Hall–Kier alpha value is -2.78. The number of pyridine rings is 1. The average Bonchev–Trinajstić information content (AvgIpc) is 3.31. The monoisotopic (exact) mass is 442 g/mol. The van der Waals surface area contributed by atoms with E-state index in [1.54, 1.807) is 29.3 Å². The highest BCUT2D eigenvalue weighted by Gasteiger charge is 2.40. The molecule has 0 aliphatic carbocycles. The average molecular weight is 443 g/mol. The van der Waals surface area contributed by atoms with Crippen molar-refractivity contribution in [1.82, 2.24) is 9.29 Å². The molecule has 1 saturated heterocycles. The van der Waals surface area contributed by atoms with Crippen molar-refractivity contribution in [2.24, 2.45) is 0 Å². The van der Waals surface area contributed by atoms with Crippen LogP contribution in [0.3, 0.4) is 0 Å². The van der Waals surface area contributed by atoms with Crippen LogP contribution < -0.4 is 10.2 Å². The highest BCUT2D eigenvalue weighted by atomic mass is 32.2. The van der Waals surface area contributed by atoms with E-state index in [4.69, 9.17) is 0 Å². The topological polar surface area (TPSA) is 99.7 Å². The third kappa shape index (κ3) is 3.95. The van der Waals surface area contributed by atoms with Gasteiger partial charge in [0, 0.05) is 31.4 Å². The maximum atomic E-state index is 13.4. The number of sulfonamides is 1. The highest BCUT2D eigenvalue weighted by molar-refractivity contribution is 7.89. The van der Waals surface area contributed by atoms with E-state index in [1.165, 1.54) is 17.3 Å². The summed E-state index contributed by atoms with van der Waals surface area (Å²) in [7, 11) is -3.86. The number of nitrogens with zero attached hydrogens (tertiary/aromatic N) is 3. The molecule has 2 unspecified atom stereocenters. The lowest BCUT2D eigenvalue weighted by atomic mass is 10.1. The van der Waals surface area contributed by atoms with Crippen LogP contribution in [0, 0.1) is 6.92 Å². The van der Waals surface area contributed by atoms with E-state index >= 15 is 0 Å². The first-order chi connectivity index (χ1) is 14.7. The molecule has 3 heterocycles. The molecule has 4 rings (SSSR count). The first-order valence-electron chi connectivity index (χ1n) is 10.4. The van der Waals surface area contributed by atoms with Crippen molar-refractivity contribution in [1.29, 1.82) is 0 Å². The van der Waals surface area contributed by atoms with Crippen molar-refractivity contribution >= 4 is 33.3 Å². The molecule has 8 nitrogen and oxygen atoms in total. The Morgan fingerprint density at radius 1 is 1.19 bits per heavy atom. The number of rotatable bonds is 4. The Labute approximate surface area is 182 Å². The van der Waals surface area contributed by atoms with Gasteiger partial charge in [0.15, 0.2) is 0 Å². The zero-order chi connectivity index (χ0) is 22.3. The molecule has 1 fully saturated rings. The molecular weight excluding hydrogens is 416 g/mol. The third-order valence-corrected chi connectivity index (χ3v) is 7.79. The molecule has 31 heavy (non-hydrogen) atoms. The molecule has 1 aromatic carbocycles. The summed E-state index contributed by atoms with van der Waals surface area (Å²) in [4.78, 5) is 30.8. The zero-order valence-electron chi connectivity index (χ0n) is 17.8. The first kappa shape index (κ1) is 21.5. The zero-order valence-corrected chi connectivity index (χ0v) is 18.6. The Bertz CT molecular complexity index is 1150. The number of aromatic nitrogens is 1. The van der Waals surface area contributed by atoms with Crippen LogP contribution in [-0.4, -0.2) is 48.1 Å². The third-order valence-electron chi connectivity index (χ3n) is 5.89. The first-order valence-corrected chi connectivity index (χ1v) is 11.8. The van der Waals surface area contributed by atoms with E-state index < -0.39 is 16.1 Å². The molecule has 0 spiro atoms. The molecule has 0 radical (unpaired) electrons. The summed E-state index contributed by atoms with van der Waals surface area (Å²) in [5, 5.41) is 2.74. The van der Waals surface area contributed by atoms with Crippen molar-refractivity contribution in [3.05, 3.63) is 47.7 Å². The van der Waals surface area contributed by atoms with Crippen LogP contribution in [-0.2, 0) is 26.0 Å². The normalized spacial score (nSPS) is 21.2. The number of anilines is 2. The van der Waals surface area contributed by atoms with Crippen LogP contribution in [0.25, 0.3) is 0 Å². The molecular formula is C22H26N4O4S. The molecule has 2 aliphatic heterocycles. The van der Waals surface area contributed by atoms with Crippen molar-refractivity contribution in [3.8, 4) is 0 Å². The molecule has 0 bridgehead atoms. The molecule has 2 amide bonds. The summed E-state index contributed by atoms with van der Waals surface area (Å²) in [6.45, 7) is 5.63. The van der Waals surface area contributed by atoms with Crippen LogP contribution in [0.2, 0.25) is 0 Å². The number of hydrogen-bond acceptors (Lipinski definition) is 5. The number of hydrogen-bond donors (Lipinski definition) is 1. The lowest BCUT2D eigenvalue weighted by molar-refractivity contribution is -0.119. The van der Waals surface area contributed by atoms with Gasteiger partial charge in [-0.25, -0.2) is 13.4 Å². The maximum absolute atomic E-state index is 13.4. The fourth-order valence-electron chi connectivity index (χ4n) is 4.49. The van der Waals surface area contributed by atoms with E-state index in [0.717, 1.165) is 16.8 Å². The van der Waals surface area contributed by atoms with Crippen molar-refractivity contribution < 1.29 is 18.0 Å². The van der Waals surface area contributed by atoms with Gasteiger partial charge in [0.25, 0.3) is 0 Å². The number of amides is 2. The number of benzene rings is 1. The van der Waals surface area contributed by atoms with Crippen LogP contribution in [0.1, 0.15) is 37.8 Å². The van der Waals surface area contributed by atoms with Gasteiger partial charge in [0.05, 0.1) is 4.90 Å². The van der Waals surface area contributed by atoms with Gasteiger partial charge in [-0.15, -0.1) is 0 Å². The number of carbonyl (C=O) groups excluding carboxylic acids is 2. The van der Waals surface area contributed by atoms with E-state index in [-0.39, 0.29) is 29.3 Å². The van der Waals surface area contributed by atoms with E-state index in [0.29, 0.717) is 25.1 Å². The lowest BCUT2D eigenvalue weighted by Gasteiger charge is -2.24. The van der Waals surface area contributed by atoms with Gasteiger partial charge in [-0.05, 0) is 74.6 Å². The summed E-state index contributed by atoms with van der Waals surface area (Å²) >= 11 is 0. The van der Waals surface area contributed by atoms with E-state index in [1.807, 2.05) is 19.9 Å². The van der Waals surface area contributed by atoms with Gasteiger partial charge in [0.1, 0.15) is 11.9 Å². The minimum Gasteiger partial charge on any atom is -0.309 e. The number of carbonyl (C=O) groups is 2. The quantitative estimate of drug-likeness (QED) is 0.784. The molecule has 9 heteroatoms. The van der Waals surface area contributed by atoms with E-state index in [9.17, 15) is 18.0 Å². The summed E-state index contributed by atoms with van der Waals surface area (Å²) in [6, 6.07) is 7.62. The molecule has 1 N–H and O–H groups in total. The molecule has 2 aromatic rings. The summed E-state index contributed by atoms with van der Waals surface area (Å²) in [5.74, 6) is -0.0373. The standard InChI is InChI=1S/C22H26N4O4S/c1-14-8-9-23-21(11-14)24-22(28)20-5-4-10-25(20)31(29,30)18-6-7-19-17(13-18)12-15(2)26(19)16(3)27/h6-9,11,13,15,20H,4-5,10,12H2,1-3H3,(H,23,24,28). The number of aryl methyl sites for hydroxylation is 1. The second kappa shape index (κ2) is 8.05. The van der Waals surface area contributed by atoms with Gasteiger partial charge in [-0.3, -0.25) is 9.59 Å². The molecule has 164 valence electrons. The predicted octanol–water partition coefficient (Wildman–Crippen LogP) is 2.48. The van der Waals surface area contributed by atoms with Gasteiger partial charge in [-0.2, -0.15) is 4.31 Å². The minimum atomic E-state index is -3.86. The Balaban J connectivity index is 1.59. The number of nitrogens with one attached hydrogen (secondary N) is 1. The number of fused-ring (bicyclic) bond motifs is 1. The van der Waals surface area contributed by atoms with Crippen LogP contribution in [0.5, 0.6) is 0 Å². The Morgan fingerprint density at radius 3 is 2.68 bits per heavy atom. The minimum absolute atomic E-state index is 0.0161. The summed E-state index contributed by atoms with van der Waals surface area (Å²) in [6.07, 6.45) is 3.26. The van der Waals surface area contributed by atoms with Gasteiger partial charge in [-0.1, -0.05) is 0 Å². The van der Waals surface area contributed by atoms with Crippen molar-refractivity contribution in [2.75, 3.05) is 16.8 Å². The lowest BCUT2D eigenvalue weighted by Crippen LogP contribution is -2.43.